The minimum absolute atomic E-state index is 0.0361. The van der Waals surface area contributed by atoms with Gasteiger partial charge in [0.25, 0.3) is 0 Å². The third-order valence-electron chi connectivity index (χ3n) is 0.795. The zero-order chi connectivity index (χ0) is 8.15. The van der Waals surface area contributed by atoms with E-state index in [1.165, 1.54) is 0 Å². The average Bonchev–Trinajstić information content (AvgIpc) is 1.85. The molecule has 0 radical (unpaired) electrons. The van der Waals surface area contributed by atoms with Crippen molar-refractivity contribution in [2.45, 2.75) is 20.0 Å². The van der Waals surface area contributed by atoms with Crippen LogP contribution in [-0.4, -0.2) is 12.0 Å². The summed E-state index contributed by atoms with van der Waals surface area (Å²) in [6, 6.07) is 0. The summed E-state index contributed by atoms with van der Waals surface area (Å²) in [6.07, 6.45) is 1.11. The zero-order valence-corrected chi connectivity index (χ0v) is 6.22. The van der Waals surface area contributed by atoms with Gasteiger partial charge in [0.15, 0.2) is 0 Å². The van der Waals surface area contributed by atoms with E-state index in [9.17, 15) is 0 Å². The Morgan fingerprint density at radius 3 is 2.40 bits per heavy atom. The lowest BCUT2D eigenvalue weighted by molar-refractivity contribution is 0.226. The molecule has 0 bridgehead atoms. The van der Waals surface area contributed by atoms with Gasteiger partial charge in [0, 0.05) is 6.20 Å². The first kappa shape index (κ1) is 8.81. The van der Waals surface area contributed by atoms with Crippen LogP contribution in [0.4, 0.5) is 0 Å². The van der Waals surface area contributed by atoms with Crippen molar-refractivity contribution in [3.05, 3.63) is 11.9 Å². The van der Waals surface area contributed by atoms with Gasteiger partial charge in [0.1, 0.15) is 5.70 Å². The topological polar surface area (TPSA) is 85.1 Å². The minimum atomic E-state index is -0.0718. The Labute approximate surface area is 60.4 Å². The fraction of sp³-hybridized carbons (Fsp3) is 0.500. The Bertz CT molecular complexity index is 151. The molecule has 0 heterocycles. The van der Waals surface area contributed by atoms with E-state index < -0.39 is 0 Å². The number of rotatable bonds is 2. The van der Waals surface area contributed by atoms with Crippen LogP contribution in [0.3, 0.4) is 0 Å². The maximum atomic E-state index is 7.13. The van der Waals surface area contributed by atoms with E-state index in [0.29, 0.717) is 0 Å². The van der Waals surface area contributed by atoms with Crippen molar-refractivity contribution >= 4 is 5.90 Å². The van der Waals surface area contributed by atoms with Gasteiger partial charge in [-0.2, -0.15) is 0 Å². The number of nitrogens with one attached hydrogen (secondary N) is 1. The second-order valence-electron chi connectivity index (χ2n) is 2.12. The molecule has 5 N–H and O–H groups in total. The minimum Gasteiger partial charge on any atom is -0.474 e. The third-order valence-corrected chi connectivity index (χ3v) is 0.795. The monoisotopic (exact) mass is 143 g/mol. The molecule has 0 unspecified atom stereocenters. The normalized spacial score (nSPS) is 11.7. The Morgan fingerprint density at radius 1 is 1.60 bits per heavy atom. The first-order valence-electron chi connectivity index (χ1n) is 3.01. The summed E-state index contributed by atoms with van der Waals surface area (Å²) in [5.41, 5.74) is 10.5. The molecule has 0 aliphatic carbocycles. The lowest BCUT2D eigenvalue weighted by Gasteiger charge is -2.09. The summed E-state index contributed by atoms with van der Waals surface area (Å²) >= 11 is 0. The van der Waals surface area contributed by atoms with Crippen LogP contribution in [0.2, 0.25) is 0 Å². The fourth-order valence-corrected chi connectivity index (χ4v) is 0.379. The van der Waals surface area contributed by atoms with Gasteiger partial charge in [-0.3, -0.25) is 5.41 Å². The quantitative estimate of drug-likeness (QED) is 0.380. The van der Waals surface area contributed by atoms with Gasteiger partial charge in [-0.25, -0.2) is 0 Å². The van der Waals surface area contributed by atoms with Gasteiger partial charge in [-0.1, -0.05) is 0 Å². The summed E-state index contributed by atoms with van der Waals surface area (Å²) < 4.78 is 4.91. The summed E-state index contributed by atoms with van der Waals surface area (Å²) in [5.74, 6) is -0.0718. The van der Waals surface area contributed by atoms with E-state index in [1.54, 1.807) is 0 Å². The molecular weight excluding hydrogens is 130 g/mol. The highest BCUT2D eigenvalue weighted by molar-refractivity contribution is 5.89. The SMILES string of the molecule is CC(C)OC(=N)/C(N)=C\N. The molecule has 0 saturated heterocycles. The molecule has 0 aromatic rings. The third kappa shape index (κ3) is 2.96. The van der Waals surface area contributed by atoms with E-state index in [4.69, 9.17) is 21.6 Å². The lowest BCUT2D eigenvalue weighted by Crippen LogP contribution is -2.18. The number of hydrogen-bond acceptors (Lipinski definition) is 4. The summed E-state index contributed by atoms with van der Waals surface area (Å²) in [6.45, 7) is 3.64. The van der Waals surface area contributed by atoms with Crippen molar-refractivity contribution in [1.82, 2.24) is 0 Å². The molecule has 0 rings (SSSR count). The molecule has 0 amide bonds. The average molecular weight is 143 g/mol. The van der Waals surface area contributed by atoms with Crippen molar-refractivity contribution in [1.29, 1.82) is 5.41 Å². The standard InChI is InChI=1S/C6H13N3O/c1-4(2)10-6(9)5(8)3-7/h3-4,9H,7-8H2,1-2H3/b5-3+,9-6?. The first-order valence-corrected chi connectivity index (χ1v) is 3.01. The van der Waals surface area contributed by atoms with Crippen LogP contribution < -0.4 is 11.5 Å². The first-order chi connectivity index (χ1) is 4.57. The summed E-state index contributed by atoms with van der Waals surface area (Å²) in [7, 11) is 0. The predicted octanol–water partition coefficient (Wildman–Crippen LogP) is 0.147. The fourth-order valence-electron chi connectivity index (χ4n) is 0.379. The van der Waals surface area contributed by atoms with Crippen LogP contribution in [0.1, 0.15) is 13.8 Å². The highest BCUT2D eigenvalue weighted by Gasteiger charge is 2.02. The van der Waals surface area contributed by atoms with Gasteiger partial charge < -0.3 is 16.2 Å². The Hall–Kier alpha value is -1.19. The van der Waals surface area contributed by atoms with Crippen LogP contribution >= 0.6 is 0 Å². The van der Waals surface area contributed by atoms with Crippen LogP contribution in [0, 0.1) is 5.41 Å². The molecule has 0 saturated carbocycles. The molecular formula is C6H13N3O. The Balaban J connectivity index is 3.86. The second-order valence-corrected chi connectivity index (χ2v) is 2.12. The van der Waals surface area contributed by atoms with Crippen LogP contribution in [-0.2, 0) is 4.74 Å². The van der Waals surface area contributed by atoms with E-state index in [2.05, 4.69) is 0 Å². The van der Waals surface area contributed by atoms with Gasteiger partial charge in [0.2, 0.25) is 5.90 Å². The van der Waals surface area contributed by atoms with E-state index in [-0.39, 0.29) is 17.7 Å². The van der Waals surface area contributed by atoms with Crippen molar-refractivity contribution in [2.75, 3.05) is 0 Å². The molecule has 0 aliphatic heterocycles. The molecule has 4 nitrogen and oxygen atoms in total. The second kappa shape index (κ2) is 3.76. The van der Waals surface area contributed by atoms with Gasteiger partial charge in [-0.15, -0.1) is 0 Å². The molecule has 58 valence electrons. The maximum Gasteiger partial charge on any atom is 0.231 e. The summed E-state index contributed by atoms with van der Waals surface area (Å²) in [4.78, 5) is 0. The molecule has 0 aliphatic rings. The molecule has 0 spiro atoms. The Kier molecular flexibility index (Phi) is 3.32. The number of hydrogen-bond donors (Lipinski definition) is 3. The van der Waals surface area contributed by atoms with E-state index in [0.717, 1.165) is 6.20 Å². The van der Waals surface area contributed by atoms with Gasteiger partial charge in [0.05, 0.1) is 6.10 Å². The molecule has 0 fully saturated rings. The lowest BCUT2D eigenvalue weighted by atomic mass is 10.4. The highest BCUT2D eigenvalue weighted by atomic mass is 16.5. The molecule has 4 heteroatoms. The van der Waals surface area contributed by atoms with Crippen molar-refractivity contribution < 1.29 is 4.74 Å². The van der Waals surface area contributed by atoms with Crippen LogP contribution in [0.5, 0.6) is 0 Å². The maximum absolute atomic E-state index is 7.13. The van der Waals surface area contributed by atoms with Crippen molar-refractivity contribution in [2.24, 2.45) is 11.5 Å². The van der Waals surface area contributed by atoms with Gasteiger partial charge in [-0.05, 0) is 13.8 Å². The van der Waals surface area contributed by atoms with Gasteiger partial charge >= 0.3 is 0 Å². The molecule has 10 heavy (non-hydrogen) atoms. The van der Waals surface area contributed by atoms with E-state index >= 15 is 0 Å². The predicted molar refractivity (Wildman–Crippen MR) is 40.4 cm³/mol. The molecule has 0 aromatic carbocycles. The summed E-state index contributed by atoms with van der Waals surface area (Å²) in [5, 5.41) is 7.13. The largest absolute Gasteiger partial charge is 0.474 e. The number of nitrogens with two attached hydrogens (primary N) is 2. The smallest absolute Gasteiger partial charge is 0.231 e. The van der Waals surface area contributed by atoms with Crippen LogP contribution in [0.15, 0.2) is 11.9 Å². The molecule has 0 atom stereocenters. The number of ether oxygens (including phenoxy) is 1. The highest BCUT2D eigenvalue weighted by Crippen LogP contribution is 1.93. The van der Waals surface area contributed by atoms with Crippen molar-refractivity contribution in [3.8, 4) is 0 Å². The zero-order valence-electron chi connectivity index (χ0n) is 6.22. The van der Waals surface area contributed by atoms with E-state index in [1.807, 2.05) is 13.8 Å². The molecule has 0 aromatic heterocycles. The van der Waals surface area contributed by atoms with Crippen LogP contribution in [0.25, 0.3) is 0 Å². The Morgan fingerprint density at radius 2 is 2.10 bits per heavy atom. The van der Waals surface area contributed by atoms with Crippen molar-refractivity contribution in [3.63, 3.8) is 0 Å².